The van der Waals surface area contributed by atoms with Gasteiger partial charge in [0.2, 0.25) is 0 Å². The van der Waals surface area contributed by atoms with Crippen LogP contribution in [0.2, 0.25) is 5.02 Å². The summed E-state index contributed by atoms with van der Waals surface area (Å²) in [5.41, 5.74) is 4.99. The van der Waals surface area contributed by atoms with Gasteiger partial charge in [-0.05, 0) is 18.2 Å². The Hall–Kier alpha value is -2.84. The number of hydrazine groups is 1. The second-order valence-electron chi connectivity index (χ2n) is 6.07. The van der Waals surface area contributed by atoms with E-state index in [4.69, 9.17) is 20.9 Å². The lowest BCUT2D eigenvalue weighted by Gasteiger charge is -2.24. The lowest BCUT2D eigenvalue weighted by molar-refractivity contribution is 0.164. The predicted octanol–water partition coefficient (Wildman–Crippen LogP) is 2.68. The van der Waals surface area contributed by atoms with Crippen molar-refractivity contribution in [1.82, 2.24) is 20.5 Å². The molecule has 1 aromatic heterocycles. The van der Waals surface area contributed by atoms with Crippen LogP contribution in [0.4, 0.5) is 4.79 Å². The van der Waals surface area contributed by atoms with Crippen LogP contribution in [-0.2, 0) is 11.2 Å². The monoisotopic (exact) mass is 387 g/mol. The Morgan fingerprint density at radius 1 is 1.26 bits per heavy atom. The van der Waals surface area contributed by atoms with Crippen molar-refractivity contribution in [3.63, 3.8) is 0 Å². The fourth-order valence-corrected chi connectivity index (χ4v) is 2.93. The number of carbonyl (C=O) groups is 1. The minimum absolute atomic E-state index is 0.346. The highest BCUT2D eigenvalue weighted by molar-refractivity contribution is 6.30. The predicted molar refractivity (Wildman–Crippen MR) is 100.0 cm³/mol. The molecule has 0 saturated carbocycles. The normalized spacial score (nSPS) is 16.6. The van der Waals surface area contributed by atoms with E-state index in [-0.39, 0.29) is 6.09 Å². The maximum atomic E-state index is 11.5. The molecule has 4 rings (SSSR count). The Bertz CT molecular complexity index is 877. The number of hydrogen-bond donors (Lipinski definition) is 1. The third kappa shape index (κ3) is 4.12. The summed E-state index contributed by atoms with van der Waals surface area (Å²) in [6, 6.07) is 9.39. The second kappa shape index (κ2) is 7.81. The van der Waals surface area contributed by atoms with Crippen LogP contribution in [0.3, 0.4) is 0 Å². The maximum absolute atomic E-state index is 11.5. The molecule has 2 aliphatic rings. The van der Waals surface area contributed by atoms with Gasteiger partial charge < -0.3 is 9.26 Å². The molecule has 0 atom stereocenters. The standard InChI is InChI=1S/C18H18ClN5O3/c19-14-3-1-13(2-4-14)16-11-15(27-22-16)5-7-21-23-8-6-17(20-12-23)24-9-10-26-18(24)25/h1-4,6,11-12,21H,5,7-10H2. The van der Waals surface area contributed by atoms with Gasteiger partial charge in [-0.2, -0.15) is 0 Å². The molecule has 8 nitrogen and oxygen atoms in total. The quantitative estimate of drug-likeness (QED) is 0.820. The molecular formula is C18H18ClN5O3. The molecule has 0 unspecified atom stereocenters. The summed E-state index contributed by atoms with van der Waals surface area (Å²) in [5.74, 6) is 1.41. The van der Waals surface area contributed by atoms with Crippen molar-refractivity contribution in [2.45, 2.75) is 6.42 Å². The van der Waals surface area contributed by atoms with Crippen LogP contribution in [0.1, 0.15) is 5.76 Å². The van der Waals surface area contributed by atoms with Crippen molar-refractivity contribution in [1.29, 1.82) is 0 Å². The Morgan fingerprint density at radius 3 is 2.81 bits per heavy atom. The molecule has 0 radical (unpaired) electrons. The summed E-state index contributed by atoms with van der Waals surface area (Å²) in [7, 11) is 0. The number of aromatic nitrogens is 1. The maximum Gasteiger partial charge on any atom is 0.415 e. The zero-order valence-electron chi connectivity index (χ0n) is 14.5. The van der Waals surface area contributed by atoms with Crippen LogP contribution in [-0.4, -0.2) is 53.7 Å². The lowest BCUT2D eigenvalue weighted by Crippen LogP contribution is -2.40. The van der Waals surface area contributed by atoms with Crippen molar-refractivity contribution in [3.8, 4) is 11.3 Å². The van der Waals surface area contributed by atoms with Crippen molar-refractivity contribution >= 4 is 24.0 Å². The minimum Gasteiger partial charge on any atom is -0.447 e. The molecule has 0 aliphatic carbocycles. The molecule has 3 heterocycles. The largest absolute Gasteiger partial charge is 0.447 e. The zero-order valence-corrected chi connectivity index (χ0v) is 15.2. The average Bonchev–Trinajstić information content (AvgIpc) is 3.32. The number of carbonyl (C=O) groups excluding carboxylic acids is 1. The molecule has 0 spiro atoms. The first kappa shape index (κ1) is 17.6. The Labute approximate surface area is 161 Å². The first-order valence-electron chi connectivity index (χ1n) is 8.59. The number of halogens is 1. The van der Waals surface area contributed by atoms with E-state index >= 15 is 0 Å². The van der Waals surface area contributed by atoms with E-state index in [9.17, 15) is 4.79 Å². The van der Waals surface area contributed by atoms with Crippen molar-refractivity contribution in [2.24, 2.45) is 4.99 Å². The fourth-order valence-electron chi connectivity index (χ4n) is 2.81. The number of amides is 1. The Morgan fingerprint density at radius 2 is 2.11 bits per heavy atom. The van der Waals surface area contributed by atoms with Crippen molar-refractivity contribution in [3.05, 3.63) is 53.0 Å². The zero-order chi connectivity index (χ0) is 18.6. The lowest BCUT2D eigenvalue weighted by atomic mass is 10.1. The molecule has 0 bridgehead atoms. The number of cyclic esters (lactones) is 1. The van der Waals surface area contributed by atoms with E-state index in [0.29, 0.717) is 43.5 Å². The number of ether oxygens (including phenoxy) is 1. The van der Waals surface area contributed by atoms with E-state index in [1.165, 1.54) is 4.90 Å². The van der Waals surface area contributed by atoms with Gasteiger partial charge in [0.15, 0.2) is 0 Å². The van der Waals surface area contributed by atoms with Gasteiger partial charge in [-0.1, -0.05) is 28.9 Å². The number of hydrogen-bond acceptors (Lipinski definition) is 7. The summed E-state index contributed by atoms with van der Waals surface area (Å²) in [5, 5.41) is 6.64. The average molecular weight is 388 g/mol. The van der Waals surface area contributed by atoms with Crippen LogP contribution in [0.25, 0.3) is 11.3 Å². The molecule has 140 valence electrons. The molecule has 2 aromatic rings. The van der Waals surface area contributed by atoms with E-state index in [2.05, 4.69) is 15.6 Å². The number of benzene rings is 1. The highest BCUT2D eigenvalue weighted by Gasteiger charge is 2.26. The van der Waals surface area contributed by atoms with Gasteiger partial charge >= 0.3 is 6.09 Å². The van der Waals surface area contributed by atoms with Gasteiger partial charge in [0.25, 0.3) is 0 Å². The molecule has 1 amide bonds. The van der Waals surface area contributed by atoms with Crippen LogP contribution in [0.15, 0.2) is 51.7 Å². The van der Waals surface area contributed by atoms with E-state index in [1.54, 1.807) is 6.34 Å². The summed E-state index contributed by atoms with van der Waals surface area (Å²) >= 11 is 5.90. The van der Waals surface area contributed by atoms with Gasteiger partial charge in [0, 0.05) is 29.6 Å². The number of aliphatic imine (C=N–C) groups is 1. The first-order valence-corrected chi connectivity index (χ1v) is 8.97. The third-order valence-electron chi connectivity index (χ3n) is 4.22. The minimum atomic E-state index is -0.346. The molecule has 2 aliphatic heterocycles. The van der Waals surface area contributed by atoms with Crippen molar-refractivity contribution < 1.29 is 14.1 Å². The fraction of sp³-hybridized carbons (Fsp3) is 0.278. The molecule has 1 aromatic carbocycles. The molecule has 1 N–H and O–H groups in total. The molecule has 1 fully saturated rings. The van der Waals surface area contributed by atoms with Crippen LogP contribution >= 0.6 is 11.6 Å². The van der Waals surface area contributed by atoms with Gasteiger partial charge in [0.1, 0.15) is 30.2 Å². The highest BCUT2D eigenvalue weighted by Crippen LogP contribution is 2.21. The second-order valence-corrected chi connectivity index (χ2v) is 6.51. The van der Waals surface area contributed by atoms with Crippen LogP contribution in [0.5, 0.6) is 0 Å². The van der Waals surface area contributed by atoms with Gasteiger partial charge in [-0.25, -0.2) is 15.2 Å². The van der Waals surface area contributed by atoms with Crippen LogP contribution < -0.4 is 5.43 Å². The number of nitrogens with one attached hydrogen (secondary N) is 1. The molecule has 1 saturated heterocycles. The van der Waals surface area contributed by atoms with Gasteiger partial charge in [-0.3, -0.25) is 9.91 Å². The third-order valence-corrected chi connectivity index (χ3v) is 4.47. The summed E-state index contributed by atoms with van der Waals surface area (Å²) in [6.07, 6.45) is 3.88. The van der Waals surface area contributed by atoms with Gasteiger partial charge in [0.05, 0.1) is 13.1 Å². The Kier molecular flexibility index (Phi) is 5.08. The topological polar surface area (TPSA) is 83.2 Å². The smallest absolute Gasteiger partial charge is 0.415 e. The summed E-state index contributed by atoms with van der Waals surface area (Å²) < 4.78 is 10.3. The summed E-state index contributed by atoms with van der Waals surface area (Å²) in [6.45, 7) is 2.21. The molecular weight excluding hydrogens is 370 g/mol. The SMILES string of the molecule is O=C1OCCN1C1=CCN(NCCc2cc(-c3ccc(Cl)cc3)no2)C=N1. The number of nitrogens with zero attached hydrogens (tertiary/aromatic N) is 4. The highest BCUT2D eigenvalue weighted by atomic mass is 35.5. The van der Waals surface area contributed by atoms with Gasteiger partial charge in [-0.15, -0.1) is 0 Å². The molecule has 27 heavy (non-hydrogen) atoms. The van der Waals surface area contributed by atoms with E-state index in [0.717, 1.165) is 17.0 Å². The number of rotatable bonds is 6. The molecule has 9 heteroatoms. The van der Waals surface area contributed by atoms with E-state index < -0.39 is 0 Å². The summed E-state index contributed by atoms with van der Waals surface area (Å²) in [4.78, 5) is 17.4. The first-order chi connectivity index (χ1) is 13.2. The van der Waals surface area contributed by atoms with Crippen molar-refractivity contribution in [2.75, 3.05) is 26.2 Å². The van der Waals surface area contributed by atoms with E-state index in [1.807, 2.05) is 41.4 Å². The Balaban J connectivity index is 1.25. The van der Waals surface area contributed by atoms with Crippen LogP contribution in [0, 0.1) is 0 Å².